The molecule has 0 aliphatic carbocycles. The lowest BCUT2D eigenvalue weighted by molar-refractivity contribution is 0.662. The van der Waals surface area contributed by atoms with Gasteiger partial charge in [-0.2, -0.15) is 11.8 Å². The third-order valence-electron chi connectivity index (χ3n) is 3.62. The molecular weight excluding hydrogens is 276 g/mol. The highest BCUT2D eigenvalue weighted by Gasteiger charge is 2.23. The zero-order chi connectivity index (χ0) is 13.7. The van der Waals surface area contributed by atoms with Gasteiger partial charge in [0.2, 0.25) is 0 Å². The van der Waals surface area contributed by atoms with Crippen molar-refractivity contribution in [3.8, 4) is 0 Å². The molecule has 1 aliphatic rings. The largest absolute Gasteiger partial charge is 0.369 e. The van der Waals surface area contributed by atoms with Gasteiger partial charge in [0.1, 0.15) is 0 Å². The van der Waals surface area contributed by atoms with Gasteiger partial charge in [0, 0.05) is 25.4 Å². The van der Waals surface area contributed by atoms with Gasteiger partial charge in [0.05, 0.1) is 10.7 Å². The molecule has 1 N–H and O–H groups in total. The lowest BCUT2D eigenvalue weighted by Crippen LogP contribution is -2.32. The summed E-state index contributed by atoms with van der Waals surface area (Å²) in [5.74, 6) is 2.48. The van der Waals surface area contributed by atoms with Crippen LogP contribution in [0.3, 0.4) is 0 Å². The van der Waals surface area contributed by atoms with Gasteiger partial charge in [-0.05, 0) is 36.8 Å². The number of hydrogen-bond donors (Lipinski definition) is 1. The molecule has 2 rings (SSSR count). The summed E-state index contributed by atoms with van der Waals surface area (Å²) in [5, 5.41) is 4.34. The first-order valence-electron chi connectivity index (χ1n) is 7.02. The van der Waals surface area contributed by atoms with Crippen molar-refractivity contribution >= 4 is 29.1 Å². The van der Waals surface area contributed by atoms with Gasteiger partial charge in [-0.3, -0.25) is 0 Å². The molecule has 1 aromatic rings. The zero-order valence-electron chi connectivity index (χ0n) is 11.8. The van der Waals surface area contributed by atoms with Crippen LogP contribution in [0.4, 0.5) is 5.69 Å². The molecule has 0 amide bonds. The number of nitrogens with one attached hydrogen (secondary N) is 1. The van der Waals surface area contributed by atoms with Gasteiger partial charge in [-0.25, -0.2) is 0 Å². The fourth-order valence-electron chi connectivity index (χ4n) is 2.51. The summed E-state index contributed by atoms with van der Waals surface area (Å²) < 4.78 is 0. The van der Waals surface area contributed by atoms with E-state index in [4.69, 9.17) is 11.6 Å². The van der Waals surface area contributed by atoms with E-state index in [1.165, 1.54) is 29.2 Å². The summed E-state index contributed by atoms with van der Waals surface area (Å²) in [6.07, 6.45) is 2.42. The molecule has 0 bridgehead atoms. The van der Waals surface area contributed by atoms with Crippen LogP contribution >= 0.6 is 23.4 Å². The van der Waals surface area contributed by atoms with Crippen LogP contribution in [0.5, 0.6) is 0 Å². The molecule has 1 aromatic carbocycles. The molecule has 1 aliphatic heterocycles. The van der Waals surface area contributed by atoms with Crippen LogP contribution in [-0.2, 0) is 6.54 Å². The van der Waals surface area contributed by atoms with Gasteiger partial charge in [-0.15, -0.1) is 0 Å². The average molecular weight is 299 g/mol. The highest BCUT2D eigenvalue weighted by Crippen LogP contribution is 2.33. The number of hydrogen-bond acceptors (Lipinski definition) is 3. The molecule has 0 spiro atoms. The summed E-state index contributed by atoms with van der Waals surface area (Å²) in [6, 6.07) is 6.85. The van der Waals surface area contributed by atoms with Crippen molar-refractivity contribution in [3.05, 3.63) is 28.8 Å². The average Bonchev–Trinajstić information content (AvgIpc) is 2.92. The van der Waals surface area contributed by atoms with E-state index in [0.29, 0.717) is 6.04 Å². The second-order valence-corrected chi connectivity index (χ2v) is 6.61. The maximum atomic E-state index is 6.44. The summed E-state index contributed by atoms with van der Waals surface area (Å²) in [5.41, 5.74) is 2.51. The molecule has 1 saturated heterocycles. The minimum absolute atomic E-state index is 0.620. The topological polar surface area (TPSA) is 15.3 Å². The molecule has 4 heteroatoms. The SMILES string of the molecule is CCCNCc1cccc(Cl)c1N(C)C1CCSC1. The summed E-state index contributed by atoms with van der Waals surface area (Å²) in [6.45, 7) is 4.14. The standard InChI is InChI=1S/C15H23ClN2S/c1-3-8-17-10-12-5-4-6-14(16)15(12)18(2)13-7-9-19-11-13/h4-6,13,17H,3,7-11H2,1-2H3. The highest BCUT2D eigenvalue weighted by molar-refractivity contribution is 7.99. The molecule has 19 heavy (non-hydrogen) atoms. The van der Waals surface area contributed by atoms with E-state index in [9.17, 15) is 0 Å². The molecule has 0 radical (unpaired) electrons. The third kappa shape index (κ3) is 3.80. The van der Waals surface area contributed by atoms with Gasteiger partial charge < -0.3 is 10.2 Å². The summed E-state index contributed by atoms with van der Waals surface area (Å²) >= 11 is 8.48. The van der Waals surface area contributed by atoms with Crippen molar-refractivity contribution in [2.24, 2.45) is 0 Å². The normalized spacial score (nSPS) is 18.8. The Bertz CT molecular complexity index is 405. The number of para-hydroxylation sites is 1. The Morgan fingerprint density at radius 3 is 3.00 bits per heavy atom. The first-order valence-corrected chi connectivity index (χ1v) is 8.56. The molecule has 1 unspecified atom stereocenters. The van der Waals surface area contributed by atoms with E-state index in [2.05, 4.69) is 30.3 Å². The molecule has 0 saturated carbocycles. The minimum Gasteiger partial charge on any atom is -0.369 e. The van der Waals surface area contributed by atoms with Crippen molar-refractivity contribution in [1.82, 2.24) is 5.32 Å². The molecule has 1 atom stereocenters. The fourth-order valence-corrected chi connectivity index (χ4v) is 4.10. The first-order chi connectivity index (χ1) is 9.24. The van der Waals surface area contributed by atoms with Gasteiger partial charge >= 0.3 is 0 Å². The molecule has 106 valence electrons. The van der Waals surface area contributed by atoms with E-state index in [-0.39, 0.29) is 0 Å². The van der Waals surface area contributed by atoms with Crippen molar-refractivity contribution in [1.29, 1.82) is 0 Å². The van der Waals surface area contributed by atoms with Crippen molar-refractivity contribution in [2.75, 3.05) is 30.0 Å². The van der Waals surface area contributed by atoms with E-state index in [1.54, 1.807) is 0 Å². The highest BCUT2D eigenvalue weighted by atomic mass is 35.5. The predicted octanol–water partition coefficient (Wildman–Crippen LogP) is 3.78. The van der Waals surface area contributed by atoms with Crippen LogP contribution in [0.1, 0.15) is 25.3 Å². The monoisotopic (exact) mass is 298 g/mol. The molecule has 0 aromatic heterocycles. The number of nitrogens with zero attached hydrogens (tertiary/aromatic N) is 1. The summed E-state index contributed by atoms with van der Waals surface area (Å²) in [4.78, 5) is 2.38. The number of halogens is 1. The third-order valence-corrected chi connectivity index (χ3v) is 5.07. The number of thioether (sulfide) groups is 1. The Hall–Kier alpha value is -0.380. The lowest BCUT2D eigenvalue weighted by Gasteiger charge is -2.29. The van der Waals surface area contributed by atoms with Gasteiger partial charge in [0.25, 0.3) is 0 Å². The predicted molar refractivity (Wildman–Crippen MR) is 87.6 cm³/mol. The van der Waals surface area contributed by atoms with Crippen LogP contribution in [0.25, 0.3) is 0 Å². The Morgan fingerprint density at radius 2 is 2.32 bits per heavy atom. The maximum absolute atomic E-state index is 6.44. The second kappa shape index (κ2) is 7.41. The fraction of sp³-hybridized carbons (Fsp3) is 0.600. The Labute approximate surface area is 125 Å². The lowest BCUT2D eigenvalue weighted by atomic mass is 10.1. The van der Waals surface area contributed by atoms with E-state index in [0.717, 1.165) is 24.5 Å². The first kappa shape index (κ1) is 15.0. The summed E-state index contributed by atoms with van der Waals surface area (Å²) in [7, 11) is 2.18. The van der Waals surface area contributed by atoms with Crippen LogP contribution in [0, 0.1) is 0 Å². The van der Waals surface area contributed by atoms with Crippen LogP contribution in [-0.4, -0.2) is 31.1 Å². The Kier molecular flexibility index (Phi) is 5.86. The zero-order valence-corrected chi connectivity index (χ0v) is 13.4. The van der Waals surface area contributed by atoms with E-state index < -0.39 is 0 Å². The number of benzene rings is 1. The quantitative estimate of drug-likeness (QED) is 0.805. The van der Waals surface area contributed by atoms with Gasteiger partial charge in [-0.1, -0.05) is 30.7 Å². The number of anilines is 1. The Morgan fingerprint density at radius 1 is 1.47 bits per heavy atom. The smallest absolute Gasteiger partial charge is 0.0642 e. The van der Waals surface area contributed by atoms with Crippen molar-refractivity contribution in [3.63, 3.8) is 0 Å². The van der Waals surface area contributed by atoms with Crippen molar-refractivity contribution < 1.29 is 0 Å². The number of rotatable bonds is 6. The molecule has 1 heterocycles. The van der Waals surface area contributed by atoms with E-state index in [1.807, 2.05) is 23.9 Å². The Balaban J connectivity index is 2.16. The molecule has 1 fully saturated rings. The minimum atomic E-state index is 0.620. The van der Waals surface area contributed by atoms with Crippen LogP contribution in [0.2, 0.25) is 5.02 Å². The maximum Gasteiger partial charge on any atom is 0.0642 e. The van der Waals surface area contributed by atoms with E-state index >= 15 is 0 Å². The van der Waals surface area contributed by atoms with Crippen molar-refractivity contribution in [2.45, 2.75) is 32.4 Å². The molecule has 2 nitrogen and oxygen atoms in total. The van der Waals surface area contributed by atoms with Gasteiger partial charge in [0.15, 0.2) is 0 Å². The molecular formula is C15H23ClN2S. The van der Waals surface area contributed by atoms with Crippen LogP contribution in [0.15, 0.2) is 18.2 Å². The second-order valence-electron chi connectivity index (χ2n) is 5.05. The van der Waals surface area contributed by atoms with Crippen LogP contribution < -0.4 is 10.2 Å².